The third kappa shape index (κ3) is 2.84. The van der Waals surface area contributed by atoms with Gasteiger partial charge in [-0.05, 0) is 44.2 Å². The molecular formula is C19H24N4O2S. The van der Waals surface area contributed by atoms with Gasteiger partial charge in [-0.1, -0.05) is 13.8 Å². The average Bonchev–Trinajstić information content (AvgIpc) is 3.07. The maximum Gasteiger partial charge on any atom is 0.291 e. The number of likely N-dealkylation sites (tertiary alicyclic amines) is 1. The van der Waals surface area contributed by atoms with Crippen LogP contribution in [0.15, 0.2) is 16.9 Å². The van der Waals surface area contributed by atoms with Gasteiger partial charge in [-0.2, -0.15) is 5.10 Å². The first-order chi connectivity index (χ1) is 12.3. The van der Waals surface area contributed by atoms with E-state index < -0.39 is 0 Å². The Bertz CT molecular complexity index is 1050. The summed E-state index contributed by atoms with van der Waals surface area (Å²) in [6.45, 7) is 9.81. The van der Waals surface area contributed by atoms with Crippen LogP contribution in [0.2, 0.25) is 0 Å². The van der Waals surface area contributed by atoms with Gasteiger partial charge in [-0.15, -0.1) is 11.3 Å². The minimum Gasteiger partial charge on any atom is -0.341 e. The number of fused-ring (bicyclic) bond motifs is 3. The van der Waals surface area contributed by atoms with Crippen LogP contribution in [0.4, 0.5) is 0 Å². The molecule has 0 bridgehead atoms. The lowest BCUT2D eigenvalue weighted by Crippen LogP contribution is -2.45. The quantitative estimate of drug-likeness (QED) is 0.695. The van der Waals surface area contributed by atoms with E-state index in [0.717, 1.165) is 35.6 Å². The Labute approximate surface area is 156 Å². The highest BCUT2D eigenvalue weighted by Crippen LogP contribution is 2.28. The number of nitrogens with zero attached hydrogens (tertiary/aromatic N) is 4. The van der Waals surface area contributed by atoms with E-state index in [2.05, 4.69) is 31.9 Å². The SMILES string of the molecule is Cc1cc2c(cc3c(=O)n(CC(=O)N4C[C@H](C)C[C@H](C)C4)nc(C)n32)s1. The zero-order valence-corrected chi connectivity index (χ0v) is 16.5. The molecule has 3 aromatic heterocycles. The second-order valence-corrected chi connectivity index (χ2v) is 9.01. The highest BCUT2D eigenvalue weighted by Gasteiger charge is 2.26. The molecule has 0 spiro atoms. The molecule has 0 N–H and O–H groups in total. The van der Waals surface area contributed by atoms with Crippen molar-refractivity contribution >= 4 is 33.0 Å². The summed E-state index contributed by atoms with van der Waals surface area (Å²) < 4.78 is 4.30. The Morgan fingerprint density at radius 2 is 1.88 bits per heavy atom. The molecule has 1 fully saturated rings. The van der Waals surface area contributed by atoms with Gasteiger partial charge < -0.3 is 4.90 Å². The van der Waals surface area contributed by atoms with Crippen LogP contribution >= 0.6 is 11.3 Å². The van der Waals surface area contributed by atoms with Crippen molar-refractivity contribution in [2.24, 2.45) is 11.8 Å². The Morgan fingerprint density at radius 3 is 2.58 bits per heavy atom. The van der Waals surface area contributed by atoms with Crippen molar-refractivity contribution in [1.82, 2.24) is 19.1 Å². The fourth-order valence-electron chi connectivity index (χ4n) is 4.22. The summed E-state index contributed by atoms with van der Waals surface area (Å²) in [5.74, 6) is 1.70. The lowest BCUT2D eigenvalue weighted by atomic mass is 9.92. The number of piperidine rings is 1. The van der Waals surface area contributed by atoms with Gasteiger partial charge in [0.2, 0.25) is 5.91 Å². The van der Waals surface area contributed by atoms with Crippen LogP contribution in [-0.2, 0) is 11.3 Å². The second-order valence-electron chi connectivity index (χ2n) is 7.73. The average molecular weight is 372 g/mol. The van der Waals surface area contributed by atoms with E-state index in [1.165, 1.54) is 9.56 Å². The molecule has 1 aliphatic rings. The molecule has 1 saturated heterocycles. The first kappa shape index (κ1) is 17.3. The van der Waals surface area contributed by atoms with E-state index in [1.807, 2.05) is 22.3 Å². The largest absolute Gasteiger partial charge is 0.341 e. The van der Waals surface area contributed by atoms with E-state index >= 15 is 0 Å². The molecule has 3 aromatic rings. The summed E-state index contributed by atoms with van der Waals surface area (Å²) in [4.78, 5) is 28.7. The molecule has 0 saturated carbocycles. The molecule has 0 unspecified atom stereocenters. The number of hydrogen-bond donors (Lipinski definition) is 0. The van der Waals surface area contributed by atoms with E-state index in [4.69, 9.17) is 0 Å². The maximum absolute atomic E-state index is 12.9. The van der Waals surface area contributed by atoms with Crippen molar-refractivity contribution in [3.05, 3.63) is 33.2 Å². The molecule has 2 atom stereocenters. The normalized spacial score (nSPS) is 21.0. The van der Waals surface area contributed by atoms with Gasteiger partial charge in [-0.25, -0.2) is 4.68 Å². The van der Waals surface area contributed by atoms with E-state index in [1.54, 1.807) is 11.3 Å². The maximum atomic E-state index is 12.9. The number of amides is 1. The van der Waals surface area contributed by atoms with Gasteiger partial charge in [0, 0.05) is 18.0 Å². The number of thiophene rings is 1. The Morgan fingerprint density at radius 1 is 1.19 bits per heavy atom. The van der Waals surface area contributed by atoms with Crippen molar-refractivity contribution in [3.8, 4) is 0 Å². The van der Waals surface area contributed by atoms with Crippen LogP contribution in [0, 0.1) is 25.7 Å². The van der Waals surface area contributed by atoms with Crippen LogP contribution in [0.5, 0.6) is 0 Å². The minimum absolute atomic E-state index is 0.00741. The Balaban J connectivity index is 1.70. The summed E-state index contributed by atoms with van der Waals surface area (Å²) in [6.07, 6.45) is 1.15. The molecule has 4 rings (SSSR count). The lowest BCUT2D eigenvalue weighted by molar-refractivity contribution is -0.134. The van der Waals surface area contributed by atoms with Crippen LogP contribution in [0.1, 0.15) is 31.0 Å². The fourth-order valence-corrected chi connectivity index (χ4v) is 5.16. The first-order valence-electron chi connectivity index (χ1n) is 9.10. The monoisotopic (exact) mass is 372 g/mol. The van der Waals surface area contributed by atoms with Crippen LogP contribution in [0.25, 0.3) is 15.7 Å². The van der Waals surface area contributed by atoms with Crippen LogP contribution < -0.4 is 5.56 Å². The lowest BCUT2D eigenvalue weighted by Gasteiger charge is -2.35. The topological polar surface area (TPSA) is 59.6 Å². The second kappa shape index (κ2) is 6.23. The van der Waals surface area contributed by atoms with Crippen LogP contribution in [0.3, 0.4) is 0 Å². The molecule has 26 heavy (non-hydrogen) atoms. The molecule has 4 heterocycles. The van der Waals surface area contributed by atoms with Crippen LogP contribution in [-0.4, -0.2) is 38.1 Å². The number of aryl methyl sites for hydroxylation is 2. The molecule has 6 nitrogen and oxygen atoms in total. The summed E-state index contributed by atoms with van der Waals surface area (Å²) in [5.41, 5.74) is 1.40. The summed E-state index contributed by atoms with van der Waals surface area (Å²) >= 11 is 1.67. The third-order valence-corrected chi connectivity index (χ3v) is 6.15. The van der Waals surface area contributed by atoms with Crippen molar-refractivity contribution in [3.63, 3.8) is 0 Å². The Kier molecular flexibility index (Phi) is 4.14. The molecule has 0 aromatic carbocycles. The van der Waals surface area contributed by atoms with E-state index in [9.17, 15) is 9.59 Å². The number of carbonyl (C=O) groups is 1. The van der Waals surface area contributed by atoms with Crippen molar-refractivity contribution in [1.29, 1.82) is 0 Å². The van der Waals surface area contributed by atoms with Crippen molar-refractivity contribution in [2.45, 2.75) is 40.7 Å². The molecule has 0 radical (unpaired) electrons. The summed E-state index contributed by atoms with van der Waals surface area (Å²) in [5, 5.41) is 4.43. The zero-order chi connectivity index (χ0) is 18.6. The fraction of sp³-hybridized carbons (Fsp3) is 0.526. The van der Waals surface area contributed by atoms with Crippen molar-refractivity contribution in [2.75, 3.05) is 13.1 Å². The van der Waals surface area contributed by atoms with Gasteiger partial charge in [0.1, 0.15) is 17.9 Å². The standard InChI is InChI=1S/C19H24N4O2S/c1-11-5-12(2)9-21(8-11)18(24)10-22-19(25)16-7-17-15(6-13(3)26-17)23(16)14(4)20-22/h6-7,11-12H,5,8-10H2,1-4H3/t11-,12+. The van der Waals surface area contributed by atoms with E-state index in [-0.39, 0.29) is 18.0 Å². The molecule has 1 aliphatic heterocycles. The van der Waals surface area contributed by atoms with Gasteiger partial charge in [0.25, 0.3) is 5.56 Å². The number of rotatable bonds is 2. The summed E-state index contributed by atoms with van der Waals surface area (Å²) in [6, 6.07) is 3.99. The van der Waals surface area contributed by atoms with Gasteiger partial charge in [0.05, 0.1) is 10.2 Å². The predicted molar refractivity (Wildman–Crippen MR) is 104 cm³/mol. The highest BCUT2D eigenvalue weighted by molar-refractivity contribution is 7.19. The zero-order valence-electron chi connectivity index (χ0n) is 15.7. The molecule has 7 heteroatoms. The smallest absolute Gasteiger partial charge is 0.291 e. The molecule has 0 aliphatic carbocycles. The third-order valence-electron chi connectivity index (χ3n) is 5.16. The number of aromatic nitrogens is 3. The molecule has 138 valence electrons. The predicted octanol–water partition coefficient (Wildman–Crippen LogP) is 2.83. The molecule has 1 amide bonds. The Hall–Kier alpha value is -2.15. The minimum atomic E-state index is -0.205. The van der Waals surface area contributed by atoms with Crippen molar-refractivity contribution < 1.29 is 4.79 Å². The van der Waals surface area contributed by atoms with Gasteiger partial charge >= 0.3 is 0 Å². The number of carbonyl (C=O) groups excluding carboxylic acids is 1. The van der Waals surface area contributed by atoms with E-state index in [0.29, 0.717) is 17.4 Å². The van der Waals surface area contributed by atoms with Gasteiger partial charge in [-0.3, -0.25) is 14.0 Å². The first-order valence-corrected chi connectivity index (χ1v) is 9.92. The highest BCUT2D eigenvalue weighted by atomic mass is 32.1. The number of hydrogen-bond acceptors (Lipinski definition) is 4. The summed E-state index contributed by atoms with van der Waals surface area (Å²) in [7, 11) is 0. The molecular weight excluding hydrogens is 348 g/mol. The van der Waals surface area contributed by atoms with Gasteiger partial charge in [0.15, 0.2) is 0 Å².